The van der Waals surface area contributed by atoms with Crippen molar-refractivity contribution in [3.8, 4) is 35.5 Å². The van der Waals surface area contributed by atoms with E-state index in [0.29, 0.717) is 192 Å². The van der Waals surface area contributed by atoms with E-state index in [2.05, 4.69) is 146 Å². The minimum Gasteiger partial charge on any atom is -0.412 e. The van der Waals surface area contributed by atoms with Crippen LogP contribution in [0, 0.1) is 53.3 Å². The number of rotatable bonds is 28. The number of aliphatic hydroxyl groups is 1. The van der Waals surface area contributed by atoms with E-state index in [1.165, 1.54) is 65.2 Å². The highest BCUT2D eigenvalue weighted by molar-refractivity contribution is 6.22. The van der Waals surface area contributed by atoms with Crippen LogP contribution < -0.4 is 53.4 Å². The van der Waals surface area contributed by atoms with Gasteiger partial charge in [-0.15, -0.1) is 17.8 Å². The molecule has 3 saturated heterocycles. The van der Waals surface area contributed by atoms with Crippen molar-refractivity contribution >= 4 is 99.1 Å². The maximum atomic E-state index is 14.1. The number of aldehydes is 1. The second-order valence-electron chi connectivity index (χ2n) is 36.6. The summed E-state index contributed by atoms with van der Waals surface area (Å²) in [6, 6.07) is 19.0. The molecule has 0 unspecified atom stereocenters. The zero-order valence-corrected chi connectivity index (χ0v) is 84.1. The summed E-state index contributed by atoms with van der Waals surface area (Å²) in [4.78, 5) is 127. The molecule has 42 nitrogen and oxygen atoms in total. The fraction of sp³-hybridized carbons (Fsp3) is 0.480. The molecular weight excluding hydrogens is 1950 g/mol. The van der Waals surface area contributed by atoms with Gasteiger partial charge < -0.3 is 81.1 Å². The number of hydrazine groups is 1. The van der Waals surface area contributed by atoms with Crippen LogP contribution >= 0.6 is 0 Å². The Kier molecular flexibility index (Phi) is 41.4. The van der Waals surface area contributed by atoms with E-state index in [-0.39, 0.29) is 107 Å². The number of benzene rings is 2. The number of amides is 7. The normalized spacial score (nSPS) is 18.4. The molecule has 5 aliphatic heterocycles. The lowest BCUT2D eigenvalue weighted by atomic mass is 9.86. The smallest absolute Gasteiger partial charge is 0.284 e. The molecule has 7 amide bonds. The van der Waals surface area contributed by atoms with Crippen molar-refractivity contribution in [3.05, 3.63) is 179 Å². The third-order valence-electron chi connectivity index (χ3n) is 26.7. The summed E-state index contributed by atoms with van der Waals surface area (Å²) >= 11 is 0. The molecule has 150 heavy (non-hydrogen) atoms. The van der Waals surface area contributed by atoms with Gasteiger partial charge in [-0.05, 0) is 159 Å². The Labute approximate surface area is 862 Å². The van der Waals surface area contributed by atoms with Crippen LogP contribution in [0.3, 0.4) is 0 Å². The summed E-state index contributed by atoms with van der Waals surface area (Å²) in [6.45, 7) is 14.5. The van der Waals surface area contributed by atoms with Crippen molar-refractivity contribution in [1.82, 2.24) is 98.1 Å². The van der Waals surface area contributed by atoms with Gasteiger partial charge in [-0.3, -0.25) is 69.1 Å². The Morgan fingerprint density at radius 1 is 0.467 bits per heavy atom. The topological polar surface area (TPSA) is 509 Å². The first-order valence-electron chi connectivity index (χ1n) is 49.8. The van der Waals surface area contributed by atoms with Crippen molar-refractivity contribution in [2.45, 2.75) is 141 Å². The highest BCUT2D eigenvalue weighted by atomic mass is 19.3. The molecule has 19 rings (SSSR count). The Hall–Kier alpha value is -14.5. The fourth-order valence-corrected chi connectivity index (χ4v) is 18.9. The molecule has 3 aliphatic carbocycles. The van der Waals surface area contributed by atoms with Crippen LogP contribution in [0.25, 0.3) is 16.9 Å². The van der Waals surface area contributed by atoms with E-state index < -0.39 is 54.1 Å². The first-order valence-corrected chi connectivity index (χ1v) is 49.8. The molecule has 13 N–H and O–H groups in total. The number of morpholine rings is 3. The van der Waals surface area contributed by atoms with Crippen LogP contribution in [0.2, 0.25) is 0 Å². The van der Waals surface area contributed by atoms with Gasteiger partial charge in [0.15, 0.2) is 34.0 Å². The molecule has 800 valence electrons. The molecule has 8 aliphatic rings. The summed E-state index contributed by atoms with van der Waals surface area (Å²) in [7, 11) is 5.99. The number of anilines is 6. The molecule has 0 radical (unpaired) electrons. The zero-order valence-electron chi connectivity index (χ0n) is 84.1. The van der Waals surface area contributed by atoms with Crippen LogP contribution in [0.1, 0.15) is 230 Å². The van der Waals surface area contributed by atoms with Gasteiger partial charge in [0.05, 0.1) is 135 Å². The fourth-order valence-electron chi connectivity index (χ4n) is 18.9. The van der Waals surface area contributed by atoms with E-state index in [4.69, 9.17) is 25.1 Å². The summed E-state index contributed by atoms with van der Waals surface area (Å²) in [6.07, 6.45) is 18.1. The molecular formula is C102H127F6N29O13. The molecule has 0 bridgehead atoms. The standard InChI is InChI=1S/C36H39F2N9O4.C28H37F2N9O2.C22H25F2N7O3.C14H14N2O2.C2H6O.H4N2.H2O/c1-43(14-5-2-6-15-45-35(49)26-7-3-4-8-27(26)36(45)50)22-24-9-11-25(12-10-24)47-23-29(31(42-47)32(37)38)40-34(48)28-21-39-46-16-13-30(41-33(28)46)44-17-19-51-20-18-44;1-36(11-4-2-3-10-31)18-20-5-7-21(8-6-20)39-19-23(25(35-39)26(29)30)33-28(40)22-17-32-38-12-9-24(34-27(22)38)37-13-15-41-16-14-37;23-20(24)19-17(12-31(28-19)15-3-1-14(13-32)2-4-15)26-22(33)16-11-25-30-6-5-18(27-21(16)30)29-7-9-34-10-8-29;1-15-9-5-2-6-10-16-13(17)11-7-3-4-8-12(11)14(16)18;1-2-3;1-2;/h3-4,7-8,13,16,21,23-25,32H,5,9-12,14-15,17-20,22H2,1H3,(H,40,48);9,12,17,19-21,26H,4-8,10-11,13-16,18,31H2,1H3,(H,33,40);5-6,11-15,20H,1-4,7-10H2,(H,26,33);3-4,7-8,15H,5,9-10H2,1H3;3H,2H2,1H3;1-2H2;1H2. The van der Waals surface area contributed by atoms with E-state index in [9.17, 15) is 64.7 Å². The molecule has 9 aromatic heterocycles. The number of nitrogens with zero attached hydrogens (tertiary/aromatic N) is 22. The van der Waals surface area contributed by atoms with Gasteiger partial charge in [0.25, 0.3) is 60.6 Å². The van der Waals surface area contributed by atoms with E-state index in [1.807, 2.05) is 32.3 Å². The quantitative estimate of drug-likeness (QED) is 0.00431. The van der Waals surface area contributed by atoms with Crippen molar-refractivity contribution in [2.24, 2.45) is 35.2 Å². The second-order valence-corrected chi connectivity index (χ2v) is 36.6. The molecule has 3 saturated carbocycles. The molecule has 14 heterocycles. The lowest BCUT2D eigenvalue weighted by molar-refractivity contribution is -0.112. The number of aromatic nitrogens is 15. The predicted octanol–water partition coefficient (Wildman–Crippen LogP) is 9.04. The number of alkyl halides is 6. The highest BCUT2D eigenvalue weighted by Gasteiger charge is 2.39. The average Bonchev–Trinajstić information content (AvgIpc) is 1.65. The third-order valence-corrected chi connectivity index (χ3v) is 26.7. The number of carbonyl (C=O) groups excluding carboxylic acids is 8. The highest BCUT2D eigenvalue weighted by Crippen LogP contribution is 2.40. The predicted molar refractivity (Wildman–Crippen MR) is 546 cm³/mol. The Morgan fingerprint density at radius 2 is 0.767 bits per heavy atom. The van der Waals surface area contributed by atoms with Crippen molar-refractivity contribution < 1.29 is 89.5 Å². The average molecular weight is 2080 g/mol. The number of nitrogens with two attached hydrogens (primary N) is 3. The van der Waals surface area contributed by atoms with E-state index in [0.717, 1.165) is 96.8 Å². The molecule has 11 aromatic rings. The molecule has 48 heteroatoms. The lowest BCUT2D eigenvalue weighted by Crippen LogP contribution is -2.36. The molecule has 0 atom stereocenters. The van der Waals surface area contributed by atoms with Gasteiger partial charge in [0, 0.05) is 141 Å². The van der Waals surface area contributed by atoms with Crippen molar-refractivity contribution in [1.29, 1.82) is 0 Å². The van der Waals surface area contributed by atoms with Crippen LogP contribution in [0.15, 0.2) is 123 Å². The van der Waals surface area contributed by atoms with Gasteiger partial charge in [-0.1, -0.05) is 42.0 Å². The number of nitrogens with one attached hydrogen (secondary N) is 4. The van der Waals surface area contributed by atoms with E-state index >= 15 is 0 Å². The summed E-state index contributed by atoms with van der Waals surface area (Å²) < 4.78 is 109. The van der Waals surface area contributed by atoms with E-state index in [1.54, 1.807) is 83.4 Å². The third kappa shape index (κ3) is 28.6. The lowest BCUT2D eigenvalue weighted by Gasteiger charge is -2.31. The minimum absolute atomic E-state index is 0. The number of ether oxygens (including phenoxy) is 3. The van der Waals surface area contributed by atoms with Gasteiger partial charge in [0.1, 0.15) is 40.4 Å². The monoisotopic (exact) mass is 2080 g/mol. The van der Waals surface area contributed by atoms with Crippen LogP contribution in [0.5, 0.6) is 0 Å². The van der Waals surface area contributed by atoms with Crippen molar-refractivity contribution in [3.63, 3.8) is 0 Å². The molecule has 0 spiro atoms. The number of hydrogen-bond donors (Lipinski definition) is 8. The minimum atomic E-state index is -2.86. The number of hydrogen-bond acceptors (Lipinski definition) is 30. The largest absolute Gasteiger partial charge is 0.412 e. The van der Waals surface area contributed by atoms with Gasteiger partial charge in [-0.25, -0.2) is 54.8 Å². The second kappa shape index (κ2) is 55.1. The summed E-state index contributed by atoms with van der Waals surface area (Å²) in [5.41, 5.74) is 7.33. The maximum absolute atomic E-state index is 14.1. The number of carbonyl (C=O) groups is 8. The number of imide groups is 2. The summed E-state index contributed by atoms with van der Waals surface area (Å²) in [5, 5.41) is 43.6. The Balaban J connectivity index is 0.000000171. The van der Waals surface area contributed by atoms with Crippen LogP contribution in [0.4, 0.5) is 60.9 Å². The first kappa shape index (κ1) is 113. The molecule has 6 fully saturated rings. The zero-order chi connectivity index (χ0) is 106. The first-order chi connectivity index (χ1) is 72.4. The van der Waals surface area contributed by atoms with Gasteiger partial charge in [0.2, 0.25) is 0 Å². The number of aliphatic hydroxyl groups excluding tert-OH is 1. The summed E-state index contributed by atoms with van der Waals surface area (Å²) in [5.74, 6) is 26.0. The van der Waals surface area contributed by atoms with Crippen LogP contribution in [-0.4, -0.2) is 310 Å². The molecule has 2 aromatic carbocycles. The maximum Gasteiger partial charge on any atom is 0.284 e. The Bertz CT molecular complexity index is 6540. The number of halogens is 6. The van der Waals surface area contributed by atoms with Gasteiger partial charge in [-0.2, -0.15) is 30.6 Å². The SMILES string of the molecule is CCO.CN(CCC#CCN)CC1CCC(n2cc(NC(=O)c3cnn4ccc(N5CCOCC5)nc34)c(C(F)F)n2)CC1.CN(CCC#CCN1C(=O)c2ccccc2C1=O)CC1CCC(n2cc(NC(=O)c3cnn4ccc(N5CCOCC5)nc34)c(C(F)F)n2)CC1.CNCCC#CCN1C(=O)c2ccccc2C1=O.NN.O.O=CC1CCC(n2cc(NC(=O)c3cnn4ccc(N5CCOCC5)nc34)c(C(F)F)n2)CC1. The Morgan fingerprint density at radius 3 is 1.06 bits per heavy atom. The van der Waals surface area contributed by atoms with Crippen LogP contribution in [-0.2, 0) is 19.0 Å². The number of fused-ring (bicyclic) bond motifs is 5. The van der Waals surface area contributed by atoms with Crippen molar-refractivity contribution in [2.75, 3.05) is 190 Å². The van der Waals surface area contributed by atoms with Gasteiger partial charge >= 0.3 is 0 Å².